The molecule has 5 nitrogen and oxygen atoms in total. The van der Waals surface area contributed by atoms with Gasteiger partial charge < -0.3 is 19.8 Å². The summed E-state index contributed by atoms with van der Waals surface area (Å²) >= 11 is 0. The molecule has 0 aliphatic heterocycles. The summed E-state index contributed by atoms with van der Waals surface area (Å²) in [6.45, 7) is 3.17. The van der Waals surface area contributed by atoms with Crippen molar-refractivity contribution in [2.24, 2.45) is 17.8 Å². The van der Waals surface area contributed by atoms with E-state index in [0.717, 1.165) is 38.5 Å². The predicted octanol–water partition coefficient (Wildman–Crippen LogP) is 2.92. The molecule has 27 heavy (non-hydrogen) atoms. The van der Waals surface area contributed by atoms with Crippen LogP contribution in [0.1, 0.15) is 51.9 Å². The van der Waals surface area contributed by atoms with E-state index >= 15 is 0 Å². The smallest absolute Gasteiger partial charge is 0.224 e. The van der Waals surface area contributed by atoms with Crippen LogP contribution in [0, 0.1) is 17.8 Å². The zero-order chi connectivity index (χ0) is 19.8. The van der Waals surface area contributed by atoms with Crippen molar-refractivity contribution < 1.29 is 19.7 Å². The molecule has 0 saturated heterocycles. The maximum Gasteiger partial charge on any atom is 0.224 e. The zero-order valence-electron chi connectivity index (χ0n) is 17.1. The van der Waals surface area contributed by atoms with E-state index in [2.05, 4.69) is 13.0 Å². The molecule has 5 atom stereocenters. The molecular weight excluding hydrogens is 342 g/mol. The summed E-state index contributed by atoms with van der Waals surface area (Å²) in [6.07, 6.45) is 11.7. The molecule has 1 saturated carbocycles. The maximum absolute atomic E-state index is 11.6. The van der Waals surface area contributed by atoms with Crippen LogP contribution in [-0.2, 0) is 9.53 Å². The number of carbonyl (C=O) groups excluding carboxylic acids is 1. The molecule has 0 unspecified atom stereocenters. The topological polar surface area (TPSA) is 70.0 Å². The number of carbonyl (C=O) groups is 1. The Bertz CT molecular complexity index is 528. The molecule has 1 amide bonds. The second-order valence-corrected chi connectivity index (χ2v) is 8.28. The highest BCUT2D eigenvalue weighted by molar-refractivity contribution is 5.75. The van der Waals surface area contributed by atoms with Gasteiger partial charge in [0.1, 0.15) is 0 Å². The normalized spacial score (nSPS) is 28.4. The average Bonchev–Trinajstić information content (AvgIpc) is 3.13. The molecule has 0 aromatic heterocycles. The van der Waals surface area contributed by atoms with Crippen molar-refractivity contribution >= 4 is 5.91 Å². The Morgan fingerprint density at radius 1 is 1.41 bits per heavy atom. The van der Waals surface area contributed by atoms with Crippen LogP contribution in [-0.4, -0.2) is 60.5 Å². The molecule has 2 aliphatic rings. The van der Waals surface area contributed by atoms with Gasteiger partial charge in [-0.05, 0) is 36.7 Å². The first kappa shape index (κ1) is 22.1. The molecule has 0 aromatic carbocycles. The maximum atomic E-state index is 11.6. The van der Waals surface area contributed by atoms with E-state index in [1.165, 1.54) is 5.57 Å². The van der Waals surface area contributed by atoms with Crippen molar-refractivity contribution in [3.63, 3.8) is 0 Å². The van der Waals surface area contributed by atoms with Gasteiger partial charge in [-0.2, -0.15) is 0 Å². The van der Waals surface area contributed by atoms with Crippen molar-refractivity contribution in [1.82, 2.24) is 4.90 Å². The molecule has 1 fully saturated rings. The molecule has 5 heteroatoms. The molecule has 0 heterocycles. The molecule has 2 N–H and O–H groups in total. The number of nitrogens with zero attached hydrogens (tertiary/aromatic N) is 1. The Morgan fingerprint density at radius 3 is 2.89 bits per heavy atom. The first-order valence-corrected chi connectivity index (χ1v) is 10.4. The molecule has 2 aliphatic carbocycles. The van der Waals surface area contributed by atoms with Gasteiger partial charge in [0.2, 0.25) is 5.91 Å². The minimum Gasteiger partial charge on any atom is -0.392 e. The first-order valence-electron chi connectivity index (χ1n) is 10.4. The second-order valence-electron chi connectivity index (χ2n) is 8.28. The quantitative estimate of drug-likeness (QED) is 0.428. The van der Waals surface area contributed by atoms with Gasteiger partial charge in [-0.3, -0.25) is 4.79 Å². The van der Waals surface area contributed by atoms with Crippen LogP contribution in [0.15, 0.2) is 23.8 Å². The summed E-state index contributed by atoms with van der Waals surface area (Å²) in [5.74, 6) is 0.993. The van der Waals surface area contributed by atoms with Gasteiger partial charge in [-0.15, -0.1) is 0 Å². The molecule has 0 bridgehead atoms. The molecule has 0 aromatic rings. The van der Waals surface area contributed by atoms with E-state index in [9.17, 15) is 15.0 Å². The van der Waals surface area contributed by atoms with Crippen LogP contribution in [0.3, 0.4) is 0 Å². The molecular formula is C22H37NO4. The third kappa shape index (κ3) is 6.74. The lowest BCUT2D eigenvalue weighted by Crippen LogP contribution is -2.23. The SMILES string of the molecule is CCCCC[C@H](O)/C=C/[C@@H]1[C@H]2CC(COCCC(=O)N(C)C)=C[C@H]2C[C@H]1O. The molecule has 0 radical (unpaired) electrons. The van der Waals surface area contributed by atoms with Crippen molar-refractivity contribution in [1.29, 1.82) is 0 Å². The summed E-state index contributed by atoms with van der Waals surface area (Å²) in [5, 5.41) is 20.5. The van der Waals surface area contributed by atoms with Crippen LogP contribution in [0.25, 0.3) is 0 Å². The highest BCUT2D eigenvalue weighted by atomic mass is 16.5. The second kappa shape index (κ2) is 11.0. The van der Waals surface area contributed by atoms with Crippen LogP contribution < -0.4 is 0 Å². The fourth-order valence-corrected chi connectivity index (χ4v) is 4.25. The standard InChI is InChI=1S/C22H37NO4/c1-4-5-6-7-18(24)8-9-19-20-13-16(12-17(20)14-21(19)25)15-27-11-10-22(26)23(2)3/h8-9,12,17-21,24-25H,4-7,10-11,13-15H2,1-3H3/b9-8+/t17-,18-,19+,20-,21+/m0/s1. The summed E-state index contributed by atoms with van der Waals surface area (Å²) in [4.78, 5) is 13.1. The summed E-state index contributed by atoms with van der Waals surface area (Å²) in [5.41, 5.74) is 1.27. The van der Waals surface area contributed by atoms with Gasteiger partial charge in [0, 0.05) is 20.0 Å². The Balaban J connectivity index is 1.76. The van der Waals surface area contributed by atoms with Gasteiger partial charge >= 0.3 is 0 Å². The molecule has 0 spiro atoms. The lowest BCUT2D eigenvalue weighted by Gasteiger charge is -2.19. The van der Waals surface area contributed by atoms with E-state index in [-0.39, 0.29) is 17.9 Å². The summed E-state index contributed by atoms with van der Waals surface area (Å²) in [7, 11) is 3.51. The number of ether oxygens (including phenoxy) is 1. The number of rotatable bonds is 11. The minimum atomic E-state index is -0.408. The van der Waals surface area contributed by atoms with Gasteiger partial charge in [0.25, 0.3) is 0 Å². The monoisotopic (exact) mass is 379 g/mol. The van der Waals surface area contributed by atoms with Crippen LogP contribution in [0.5, 0.6) is 0 Å². The van der Waals surface area contributed by atoms with Gasteiger partial charge in [0.05, 0.1) is 31.8 Å². The Hall–Kier alpha value is -1.17. The van der Waals surface area contributed by atoms with Crippen molar-refractivity contribution in [3.05, 3.63) is 23.8 Å². The van der Waals surface area contributed by atoms with Crippen molar-refractivity contribution in [2.75, 3.05) is 27.3 Å². The van der Waals surface area contributed by atoms with Crippen LogP contribution in [0.2, 0.25) is 0 Å². The number of hydrogen-bond donors (Lipinski definition) is 2. The lowest BCUT2D eigenvalue weighted by molar-refractivity contribution is -0.129. The van der Waals surface area contributed by atoms with E-state index in [1.54, 1.807) is 19.0 Å². The number of allylic oxidation sites excluding steroid dienone is 1. The van der Waals surface area contributed by atoms with E-state index in [1.807, 2.05) is 12.2 Å². The fourth-order valence-electron chi connectivity index (χ4n) is 4.25. The number of hydrogen-bond acceptors (Lipinski definition) is 4. The summed E-state index contributed by atoms with van der Waals surface area (Å²) < 4.78 is 5.68. The first-order chi connectivity index (χ1) is 12.9. The molecule has 2 rings (SSSR count). The zero-order valence-corrected chi connectivity index (χ0v) is 17.1. The van der Waals surface area contributed by atoms with Crippen molar-refractivity contribution in [3.8, 4) is 0 Å². The van der Waals surface area contributed by atoms with E-state index in [0.29, 0.717) is 31.5 Å². The minimum absolute atomic E-state index is 0.0816. The predicted molar refractivity (Wildman–Crippen MR) is 107 cm³/mol. The third-order valence-corrected chi connectivity index (χ3v) is 5.86. The Kier molecular flexibility index (Phi) is 9.00. The lowest BCUT2D eigenvalue weighted by atomic mass is 9.89. The van der Waals surface area contributed by atoms with Crippen LogP contribution in [0.4, 0.5) is 0 Å². The number of aliphatic hydroxyl groups excluding tert-OH is 2. The average molecular weight is 380 g/mol. The van der Waals surface area contributed by atoms with E-state index in [4.69, 9.17) is 4.74 Å². The Labute approximate surface area is 164 Å². The van der Waals surface area contributed by atoms with Gasteiger partial charge in [-0.1, -0.05) is 44.4 Å². The third-order valence-electron chi connectivity index (χ3n) is 5.86. The highest BCUT2D eigenvalue weighted by Crippen LogP contribution is 2.47. The Morgan fingerprint density at radius 2 is 2.19 bits per heavy atom. The number of fused-ring (bicyclic) bond motifs is 1. The number of unbranched alkanes of at least 4 members (excludes halogenated alkanes) is 2. The van der Waals surface area contributed by atoms with Crippen molar-refractivity contribution in [2.45, 2.75) is 64.1 Å². The van der Waals surface area contributed by atoms with Crippen LogP contribution >= 0.6 is 0 Å². The van der Waals surface area contributed by atoms with Gasteiger partial charge in [-0.25, -0.2) is 0 Å². The van der Waals surface area contributed by atoms with E-state index < -0.39 is 6.10 Å². The fraction of sp³-hybridized carbons (Fsp3) is 0.773. The summed E-state index contributed by atoms with van der Waals surface area (Å²) in [6, 6.07) is 0. The molecule has 154 valence electrons. The highest BCUT2D eigenvalue weighted by Gasteiger charge is 2.43. The van der Waals surface area contributed by atoms with Gasteiger partial charge in [0.15, 0.2) is 0 Å². The number of aliphatic hydroxyl groups is 2. The largest absolute Gasteiger partial charge is 0.392 e. The number of amides is 1.